The van der Waals surface area contributed by atoms with E-state index in [2.05, 4.69) is 0 Å². The number of hydrogen-bond acceptors (Lipinski definition) is 3. The molecule has 1 heterocycles. The van der Waals surface area contributed by atoms with Crippen LogP contribution in [-0.2, 0) is 14.4 Å². The summed E-state index contributed by atoms with van der Waals surface area (Å²) in [6.45, 7) is 0. The fourth-order valence-corrected chi connectivity index (χ4v) is 4.71. The van der Waals surface area contributed by atoms with Gasteiger partial charge in [0.05, 0.1) is 17.5 Å². The number of allylic oxidation sites excluding steroid dienone is 2. The van der Waals surface area contributed by atoms with E-state index in [0.717, 1.165) is 6.42 Å². The predicted molar refractivity (Wildman–Crippen MR) is 78.6 cm³/mol. The summed E-state index contributed by atoms with van der Waals surface area (Å²) in [5.74, 6) is -0.958. The van der Waals surface area contributed by atoms with E-state index in [1.807, 2.05) is 30.4 Å². The number of carbonyl (C=O) groups is 3. The Morgan fingerprint density at radius 2 is 1.64 bits per heavy atom. The predicted octanol–water partition coefficient (Wildman–Crippen LogP) is 1.81. The second kappa shape index (κ2) is 3.94. The third-order valence-corrected chi connectivity index (χ3v) is 5.78. The summed E-state index contributed by atoms with van der Waals surface area (Å²) in [5, 5.41) is 0. The summed E-state index contributed by atoms with van der Waals surface area (Å²) in [4.78, 5) is 39.7. The average Bonchev–Trinajstić information content (AvgIpc) is 3.31. The van der Waals surface area contributed by atoms with E-state index in [9.17, 15) is 14.4 Å². The lowest BCUT2D eigenvalue weighted by atomic mass is 9.71. The Bertz CT molecular complexity index is 738. The van der Waals surface area contributed by atoms with Gasteiger partial charge in [0.15, 0.2) is 0 Å². The first kappa shape index (κ1) is 12.3. The molecule has 4 nitrogen and oxygen atoms in total. The summed E-state index contributed by atoms with van der Waals surface area (Å²) < 4.78 is 0. The molecule has 6 atom stereocenters. The zero-order valence-corrected chi connectivity index (χ0v) is 11.9. The number of nitrogens with zero attached hydrogens (tertiary/aromatic N) is 1. The number of amides is 2. The summed E-state index contributed by atoms with van der Waals surface area (Å²) in [6.07, 6.45) is 4.81. The molecular formula is C18H15NO3. The first-order valence-electron chi connectivity index (χ1n) is 7.83. The normalized spacial score (nSPS) is 41.5. The largest absolute Gasteiger partial charge is 0.299 e. The number of Topliss-reactive ketones (excluding diaryl/α,β-unsaturated/α-hetero) is 1. The summed E-state index contributed by atoms with van der Waals surface area (Å²) in [5.41, 5.74) is 0.616. The highest BCUT2D eigenvalue weighted by Gasteiger charge is 2.65. The van der Waals surface area contributed by atoms with Crippen LogP contribution < -0.4 is 4.90 Å². The number of anilines is 1. The minimum absolute atomic E-state index is 0.0582. The monoisotopic (exact) mass is 293 g/mol. The van der Waals surface area contributed by atoms with Gasteiger partial charge in [0.1, 0.15) is 5.78 Å². The van der Waals surface area contributed by atoms with E-state index in [-0.39, 0.29) is 41.3 Å². The number of imide groups is 1. The summed E-state index contributed by atoms with van der Waals surface area (Å²) in [6, 6.07) is 9.05. The molecule has 4 aliphatic carbocycles. The molecule has 1 aliphatic heterocycles. The van der Waals surface area contributed by atoms with Gasteiger partial charge in [0.25, 0.3) is 0 Å². The molecular weight excluding hydrogens is 278 g/mol. The van der Waals surface area contributed by atoms with Crippen LogP contribution in [0.4, 0.5) is 5.69 Å². The molecule has 22 heavy (non-hydrogen) atoms. The van der Waals surface area contributed by atoms with Gasteiger partial charge in [-0.15, -0.1) is 0 Å². The van der Waals surface area contributed by atoms with E-state index in [0.29, 0.717) is 5.69 Å². The van der Waals surface area contributed by atoms with Crippen LogP contribution in [0.15, 0.2) is 42.5 Å². The second-order valence-electron chi connectivity index (χ2n) is 6.80. The molecule has 2 amide bonds. The lowest BCUT2D eigenvalue weighted by Crippen LogP contribution is -2.35. The van der Waals surface area contributed by atoms with E-state index in [1.165, 1.54) is 4.90 Å². The number of ketones is 1. The molecule has 2 saturated carbocycles. The maximum atomic E-state index is 12.9. The van der Waals surface area contributed by atoms with Crippen molar-refractivity contribution in [1.82, 2.24) is 0 Å². The third-order valence-electron chi connectivity index (χ3n) is 5.78. The quantitative estimate of drug-likeness (QED) is 0.586. The maximum absolute atomic E-state index is 12.9. The molecule has 1 aromatic carbocycles. The van der Waals surface area contributed by atoms with Crippen LogP contribution in [0.1, 0.15) is 6.42 Å². The smallest absolute Gasteiger partial charge is 0.238 e. The van der Waals surface area contributed by atoms with E-state index < -0.39 is 11.8 Å². The van der Waals surface area contributed by atoms with Crippen LogP contribution in [-0.4, -0.2) is 17.6 Å². The molecule has 1 aromatic rings. The standard InChI is InChI=1S/C18H15NO3/c20-16-11-7-6-10(12-8-13(12)16)14-15(11)18(22)19(17(14)21)9-4-2-1-3-5-9/h1-7,10-15H,8H2/t10-,11-,12+,13-,14+,15-/m0/s1. The van der Waals surface area contributed by atoms with Crippen molar-refractivity contribution in [2.75, 3.05) is 4.90 Å². The molecule has 0 N–H and O–H groups in total. The minimum Gasteiger partial charge on any atom is -0.299 e. The van der Waals surface area contributed by atoms with Crippen LogP contribution in [0.3, 0.4) is 0 Å². The van der Waals surface area contributed by atoms with Crippen molar-refractivity contribution < 1.29 is 14.4 Å². The molecule has 3 fully saturated rings. The Morgan fingerprint density at radius 1 is 0.909 bits per heavy atom. The van der Waals surface area contributed by atoms with E-state index >= 15 is 0 Å². The number of para-hydroxylation sites is 1. The van der Waals surface area contributed by atoms with Crippen LogP contribution >= 0.6 is 0 Å². The lowest BCUT2D eigenvalue weighted by Gasteiger charge is -2.28. The van der Waals surface area contributed by atoms with E-state index in [1.54, 1.807) is 12.1 Å². The number of rotatable bonds is 1. The molecule has 5 aliphatic rings. The molecule has 6 rings (SSSR count). The minimum atomic E-state index is -0.483. The molecule has 0 unspecified atom stereocenters. The Hall–Kier alpha value is -2.23. The van der Waals surface area contributed by atoms with Gasteiger partial charge in [0, 0.05) is 11.8 Å². The third kappa shape index (κ3) is 1.35. The molecule has 0 spiro atoms. The fourth-order valence-electron chi connectivity index (χ4n) is 4.71. The van der Waals surface area contributed by atoms with Crippen LogP contribution in [0.5, 0.6) is 0 Å². The molecule has 1 saturated heterocycles. The zero-order valence-electron chi connectivity index (χ0n) is 11.9. The molecule has 0 radical (unpaired) electrons. The van der Waals surface area contributed by atoms with Gasteiger partial charge in [0.2, 0.25) is 11.8 Å². The molecule has 2 bridgehead atoms. The highest BCUT2D eigenvalue weighted by atomic mass is 16.2. The van der Waals surface area contributed by atoms with Crippen molar-refractivity contribution in [2.45, 2.75) is 6.42 Å². The fraction of sp³-hybridized carbons (Fsp3) is 0.389. The molecule has 0 aromatic heterocycles. The Kier molecular flexibility index (Phi) is 2.21. The number of benzene rings is 1. The maximum Gasteiger partial charge on any atom is 0.238 e. The van der Waals surface area contributed by atoms with Gasteiger partial charge in [-0.25, -0.2) is 0 Å². The van der Waals surface area contributed by atoms with Gasteiger partial charge < -0.3 is 0 Å². The molecule has 110 valence electrons. The molecule has 4 heteroatoms. The average molecular weight is 293 g/mol. The van der Waals surface area contributed by atoms with Crippen molar-refractivity contribution in [3.63, 3.8) is 0 Å². The van der Waals surface area contributed by atoms with Crippen LogP contribution in [0, 0.1) is 35.5 Å². The Labute approximate surface area is 127 Å². The highest BCUT2D eigenvalue weighted by molar-refractivity contribution is 6.23. The van der Waals surface area contributed by atoms with Crippen molar-refractivity contribution in [3.05, 3.63) is 42.5 Å². The number of hydrogen-bond donors (Lipinski definition) is 0. The summed E-state index contributed by atoms with van der Waals surface area (Å²) in [7, 11) is 0. The zero-order chi connectivity index (χ0) is 15.0. The van der Waals surface area contributed by atoms with Gasteiger partial charge in [-0.3, -0.25) is 19.3 Å². The van der Waals surface area contributed by atoms with Gasteiger partial charge in [-0.2, -0.15) is 0 Å². The van der Waals surface area contributed by atoms with Gasteiger partial charge >= 0.3 is 0 Å². The highest BCUT2D eigenvalue weighted by Crippen LogP contribution is 2.59. The van der Waals surface area contributed by atoms with Crippen LogP contribution in [0.25, 0.3) is 0 Å². The van der Waals surface area contributed by atoms with Crippen molar-refractivity contribution in [2.24, 2.45) is 35.5 Å². The lowest BCUT2D eigenvalue weighted by molar-refractivity contribution is -0.130. The summed E-state index contributed by atoms with van der Waals surface area (Å²) >= 11 is 0. The van der Waals surface area contributed by atoms with Crippen LogP contribution in [0.2, 0.25) is 0 Å². The van der Waals surface area contributed by atoms with Gasteiger partial charge in [-0.05, 0) is 30.4 Å². The first-order chi connectivity index (χ1) is 10.7. The SMILES string of the molecule is O=C1[C@H]2C=C[C@@H]([C@H]3C[C@H]13)[C@H]1C(=O)N(c3ccccc3)C(=O)[C@H]12. The van der Waals surface area contributed by atoms with Gasteiger partial charge in [-0.1, -0.05) is 30.4 Å². The Balaban J connectivity index is 1.62. The van der Waals surface area contributed by atoms with E-state index in [4.69, 9.17) is 0 Å². The topological polar surface area (TPSA) is 54.5 Å². The van der Waals surface area contributed by atoms with Crippen molar-refractivity contribution in [3.8, 4) is 0 Å². The van der Waals surface area contributed by atoms with Crippen molar-refractivity contribution >= 4 is 23.3 Å². The van der Waals surface area contributed by atoms with Crippen molar-refractivity contribution in [1.29, 1.82) is 0 Å². The second-order valence-corrected chi connectivity index (χ2v) is 6.80. The number of carbonyl (C=O) groups excluding carboxylic acids is 3. The first-order valence-corrected chi connectivity index (χ1v) is 7.83. The Morgan fingerprint density at radius 3 is 2.41 bits per heavy atom.